The number of thiophene rings is 1. The molecule has 3 nitrogen and oxygen atoms in total. The van der Waals surface area contributed by atoms with Gasteiger partial charge in [0.05, 0.1) is 9.90 Å². The molecule has 0 bridgehead atoms. The third-order valence-corrected chi connectivity index (χ3v) is 4.53. The number of rotatable bonds is 2. The number of hydrogen-bond acceptors (Lipinski definition) is 4. The van der Waals surface area contributed by atoms with Gasteiger partial charge in [-0.25, -0.2) is 0 Å². The lowest BCUT2D eigenvalue weighted by atomic mass is 9.98. The molecule has 0 aliphatic rings. The number of hydrogen-bond donors (Lipinski definition) is 1. The van der Waals surface area contributed by atoms with Crippen LogP contribution in [0.3, 0.4) is 0 Å². The summed E-state index contributed by atoms with van der Waals surface area (Å²) in [7, 11) is 0. The molecule has 0 aliphatic heterocycles. The highest BCUT2D eigenvalue weighted by atomic mass is 35.5. The molecular weight excluding hydrogens is 315 g/mol. The highest BCUT2D eigenvalue weighted by Gasteiger charge is 2.22. The molecule has 0 unspecified atom stereocenters. The van der Waals surface area contributed by atoms with E-state index in [9.17, 15) is 0 Å². The van der Waals surface area contributed by atoms with Crippen LogP contribution in [0.1, 0.15) is 5.56 Å². The Hall–Kier alpha value is -1.49. The first-order chi connectivity index (χ1) is 9.58. The van der Waals surface area contributed by atoms with E-state index in [0.29, 0.717) is 14.4 Å². The van der Waals surface area contributed by atoms with Gasteiger partial charge >= 0.3 is 0 Å². The van der Waals surface area contributed by atoms with Gasteiger partial charge in [0, 0.05) is 5.56 Å². The maximum absolute atomic E-state index is 6.20. The van der Waals surface area contributed by atoms with Gasteiger partial charge in [-0.1, -0.05) is 52.6 Å². The Labute approximate surface area is 129 Å². The summed E-state index contributed by atoms with van der Waals surface area (Å²) in [5.74, 6) is 0.271. The van der Waals surface area contributed by atoms with E-state index >= 15 is 0 Å². The predicted octanol–water partition coefficient (Wildman–Crippen LogP) is 5.27. The Morgan fingerprint density at radius 3 is 2.60 bits per heavy atom. The van der Waals surface area contributed by atoms with Crippen LogP contribution in [0.5, 0.6) is 0 Å². The van der Waals surface area contributed by atoms with E-state index in [4.69, 9.17) is 33.5 Å². The molecule has 3 rings (SSSR count). The first-order valence-electron chi connectivity index (χ1n) is 5.84. The molecule has 0 radical (unpaired) electrons. The van der Waals surface area contributed by atoms with Crippen molar-refractivity contribution in [1.29, 1.82) is 0 Å². The van der Waals surface area contributed by atoms with E-state index in [1.54, 1.807) is 6.07 Å². The number of nitrogen functional groups attached to an aromatic ring is 1. The van der Waals surface area contributed by atoms with Crippen molar-refractivity contribution in [3.05, 3.63) is 44.6 Å². The van der Waals surface area contributed by atoms with Gasteiger partial charge in [0.25, 0.3) is 0 Å². The van der Waals surface area contributed by atoms with Crippen LogP contribution in [-0.4, -0.2) is 5.16 Å². The van der Waals surface area contributed by atoms with Crippen LogP contribution in [0.2, 0.25) is 8.67 Å². The van der Waals surface area contributed by atoms with Crippen LogP contribution in [-0.2, 0) is 0 Å². The molecule has 0 atom stereocenters. The van der Waals surface area contributed by atoms with Crippen molar-refractivity contribution in [1.82, 2.24) is 5.16 Å². The van der Waals surface area contributed by atoms with Crippen molar-refractivity contribution in [2.24, 2.45) is 0 Å². The number of nitrogens with two attached hydrogens (primary N) is 1. The van der Waals surface area contributed by atoms with E-state index in [2.05, 4.69) is 5.16 Å². The topological polar surface area (TPSA) is 52.0 Å². The highest BCUT2D eigenvalue weighted by Crippen LogP contribution is 2.44. The van der Waals surface area contributed by atoms with Crippen molar-refractivity contribution < 1.29 is 4.52 Å². The fraction of sp³-hybridized carbons (Fsp3) is 0.0714. The fourth-order valence-corrected chi connectivity index (χ4v) is 3.57. The van der Waals surface area contributed by atoms with Gasteiger partial charge in [0.2, 0.25) is 5.88 Å². The molecule has 0 fully saturated rings. The summed E-state index contributed by atoms with van der Waals surface area (Å²) in [5, 5.41) is 4.04. The number of anilines is 1. The molecule has 1 aromatic carbocycles. The monoisotopic (exact) mass is 324 g/mol. The highest BCUT2D eigenvalue weighted by molar-refractivity contribution is 7.20. The number of nitrogens with zero attached hydrogens (tertiary/aromatic N) is 1. The average Bonchev–Trinajstić information content (AvgIpc) is 2.93. The number of benzene rings is 1. The Balaban J connectivity index is 2.26. The third kappa shape index (κ3) is 2.20. The van der Waals surface area contributed by atoms with E-state index in [-0.39, 0.29) is 5.88 Å². The largest absolute Gasteiger partial charge is 0.367 e. The van der Waals surface area contributed by atoms with Crippen molar-refractivity contribution in [2.45, 2.75) is 6.92 Å². The Morgan fingerprint density at radius 2 is 1.95 bits per heavy atom. The molecule has 3 aromatic rings. The Morgan fingerprint density at radius 1 is 1.20 bits per heavy atom. The maximum atomic E-state index is 6.20. The summed E-state index contributed by atoms with van der Waals surface area (Å²) in [6.07, 6.45) is 0. The van der Waals surface area contributed by atoms with Gasteiger partial charge in [-0.15, -0.1) is 11.3 Å². The SMILES string of the molecule is Cc1ccccc1-c1c(-c2cc(Cl)sc2Cl)noc1N. The first kappa shape index (κ1) is 13.5. The fourth-order valence-electron chi connectivity index (χ4n) is 2.10. The van der Waals surface area contributed by atoms with Crippen molar-refractivity contribution >= 4 is 40.4 Å². The zero-order chi connectivity index (χ0) is 14.3. The molecule has 2 aromatic heterocycles. The van der Waals surface area contributed by atoms with Crippen LogP contribution in [0, 0.1) is 6.92 Å². The normalized spacial score (nSPS) is 10.9. The van der Waals surface area contributed by atoms with Crippen LogP contribution in [0.15, 0.2) is 34.9 Å². The van der Waals surface area contributed by atoms with Crippen LogP contribution >= 0.6 is 34.5 Å². The second-order valence-corrected chi connectivity index (χ2v) is 6.61. The van der Waals surface area contributed by atoms with Crippen molar-refractivity contribution in [3.63, 3.8) is 0 Å². The van der Waals surface area contributed by atoms with Gasteiger partial charge < -0.3 is 10.3 Å². The van der Waals surface area contributed by atoms with Crippen LogP contribution in [0.4, 0.5) is 5.88 Å². The van der Waals surface area contributed by atoms with Crippen molar-refractivity contribution in [3.8, 4) is 22.4 Å². The second-order valence-electron chi connectivity index (χ2n) is 4.32. The standard InChI is InChI=1S/C14H10Cl2N2OS/c1-7-4-2-3-5-8(7)11-12(18-19-14(11)17)9-6-10(15)20-13(9)16/h2-6H,17H2,1H3. The smallest absolute Gasteiger partial charge is 0.230 e. The molecule has 20 heavy (non-hydrogen) atoms. The minimum absolute atomic E-state index is 0.271. The third-order valence-electron chi connectivity index (χ3n) is 3.04. The molecular formula is C14H10Cl2N2OS. The van der Waals surface area contributed by atoms with Crippen LogP contribution in [0.25, 0.3) is 22.4 Å². The van der Waals surface area contributed by atoms with Gasteiger partial charge in [0.15, 0.2) is 0 Å². The second kappa shape index (κ2) is 5.13. The quantitative estimate of drug-likeness (QED) is 0.698. The molecule has 6 heteroatoms. The molecule has 0 saturated heterocycles. The predicted molar refractivity (Wildman–Crippen MR) is 84.4 cm³/mol. The van der Waals surface area contributed by atoms with Gasteiger partial charge in [-0.3, -0.25) is 0 Å². The Kier molecular flexibility index (Phi) is 3.46. The summed E-state index contributed by atoms with van der Waals surface area (Å²) < 4.78 is 6.32. The lowest BCUT2D eigenvalue weighted by molar-refractivity contribution is 0.439. The summed E-state index contributed by atoms with van der Waals surface area (Å²) in [4.78, 5) is 0. The van der Waals surface area contributed by atoms with E-state index in [0.717, 1.165) is 22.3 Å². The van der Waals surface area contributed by atoms with Crippen molar-refractivity contribution in [2.75, 3.05) is 5.73 Å². The summed E-state index contributed by atoms with van der Waals surface area (Å²) in [6.45, 7) is 2.01. The molecule has 0 amide bonds. The minimum Gasteiger partial charge on any atom is -0.367 e. The van der Waals surface area contributed by atoms with Gasteiger partial charge in [-0.2, -0.15) is 0 Å². The number of aromatic nitrogens is 1. The molecule has 2 N–H and O–H groups in total. The van der Waals surface area contributed by atoms with E-state index in [1.807, 2.05) is 31.2 Å². The van der Waals surface area contributed by atoms with E-state index < -0.39 is 0 Å². The van der Waals surface area contributed by atoms with Crippen LogP contribution < -0.4 is 5.73 Å². The zero-order valence-corrected chi connectivity index (χ0v) is 12.8. The zero-order valence-electron chi connectivity index (χ0n) is 10.5. The average molecular weight is 325 g/mol. The summed E-state index contributed by atoms with van der Waals surface area (Å²) in [5.41, 5.74) is 10.1. The summed E-state index contributed by atoms with van der Waals surface area (Å²) in [6, 6.07) is 9.67. The maximum Gasteiger partial charge on any atom is 0.230 e. The molecule has 2 heterocycles. The molecule has 0 spiro atoms. The lowest BCUT2D eigenvalue weighted by Crippen LogP contribution is -1.89. The van der Waals surface area contributed by atoms with Gasteiger partial charge in [0.1, 0.15) is 10.0 Å². The number of halogens is 2. The van der Waals surface area contributed by atoms with E-state index in [1.165, 1.54) is 11.3 Å². The molecule has 0 saturated carbocycles. The molecule has 102 valence electrons. The summed E-state index contributed by atoms with van der Waals surface area (Å²) >= 11 is 13.5. The minimum atomic E-state index is 0.271. The lowest BCUT2D eigenvalue weighted by Gasteiger charge is -2.05. The Bertz CT molecular complexity index is 779. The number of aryl methyl sites for hydroxylation is 1. The molecule has 0 aliphatic carbocycles. The van der Waals surface area contributed by atoms with Gasteiger partial charge in [-0.05, 0) is 24.1 Å². The first-order valence-corrected chi connectivity index (χ1v) is 7.41.